The van der Waals surface area contributed by atoms with Crippen molar-refractivity contribution in [2.75, 3.05) is 20.0 Å². The van der Waals surface area contributed by atoms with Crippen LogP contribution in [0.15, 0.2) is 70.5 Å². The maximum atomic E-state index is 13.5. The van der Waals surface area contributed by atoms with Crippen LogP contribution in [0.2, 0.25) is 0 Å². The van der Waals surface area contributed by atoms with Crippen LogP contribution in [-0.4, -0.2) is 35.3 Å². The summed E-state index contributed by atoms with van der Waals surface area (Å²) in [6.45, 7) is 6.12. The van der Waals surface area contributed by atoms with Gasteiger partial charge >= 0.3 is 0 Å². The third-order valence-electron chi connectivity index (χ3n) is 5.37. The van der Waals surface area contributed by atoms with E-state index in [0.717, 1.165) is 16.7 Å². The second kappa shape index (κ2) is 10.3. The summed E-state index contributed by atoms with van der Waals surface area (Å²) in [6, 6.07) is 13.1. The average molecular weight is 493 g/mol. The lowest BCUT2D eigenvalue weighted by atomic mass is 10.1. The molecule has 0 saturated heterocycles. The van der Waals surface area contributed by atoms with Gasteiger partial charge in [0.25, 0.3) is 5.56 Å². The molecule has 8 heteroatoms. The Hall–Kier alpha value is -3.36. The lowest BCUT2D eigenvalue weighted by Gasteiger charge is -2.12. The second-order valence-electron chi connectivity index (χ2n) is 7.57. The second-order valence-corrected chi connectivity index (χ2v) is 9.37. The quantitative estimate of drug-likeness (QED) is 0.131. The molecule has 0 aliphatic heterocycles. The Morgan fingerprint density at radius 3 is 2.62 bits per heavy atom. The van der Waals surface area contributed by atoms with Gasteiger partial charge in [0.1, 0.15) is 16.3 Å². The molecule has 2 aromatic carbocycles. The van der Waals surface area contributed by atoms with Gasteiger partial charge in [0, 0.05) is 23.6 Å². The summed E-state index contributed by atoms with van der Waals surface area (Å²) in [6.07, 6.45) is 1.66. The molecule has 2 aromatic heterocycles. The highest BCUT2D eigenvalue weighted by atomic mass is 32.2. The number of methoxy groups -OCH3 is 2. The predicted octanol–water partition coefficient (Wildman–Crippen LogP) is 5.61. The van der Waals surface area contributed by atoms with Gasteiger partial charge in [-0.15, -0.1) is 17.9 Å². The summed E-state index contributed by atoms with van der Waals surface area (Å²) in [5, 5.41) is 3.03. The molecule has 0 fully saturated rings. The van der Waals surface area contributed by atoms with Crippen molar-refractivity contribution in [1.29, 1.82) is 0 Å². The summed E-state index contributed by atoms with van der Waals surface area (Å²) in [5.41, 5.74) is 3.31. The minimum Gasteiger partial charge on any atom is -0.497 e. The lowest BCUT2D eigenvalue weighted by Crippen LogP contribution is -2.23. The van der Waals surface area contributed by atoms with Crippen LogP contribution in [0.5, 0.6) is 11.5 Å². The van der Waals surface area contributed by atoms with Gasteiger partial charge in [-0.3, -0.25) is 14.2 Å². The molecule has 0 aliphatic carbocycles. The van der Waals surface area contributed by atoms with Crippen LogP contribution >= 0.6 is 23.1 Å². The summed E-state index contributed by atoms with van der Waals surface area (Å²) in [5.74, 6) is 1.02. The zero-order valence-corrected chi connectivity index (χ0v) is 20.8. The highest BCUT2D eigenvalue weighted by molar-refractivity contribution is 7.99. The van der Waals surface area contributed by atoms with Gasteiger partial charge in [-0.25, -0.2) is 4.98 Å². The highest BCUT2D eigenvalue weighted by Crippen LogP contribution is 2.33. The van der Waals surface area contributed by atoms with Crippen molar-refractivity contribution in [2.24, 2.45) is 0 Å². The molecule has 0 spiro atoms. The van der Waals surface area contributed by atoms with E-state index in [2.05, 4.69) is 6.58 Å². The number of fused-ring (bicyclic) bond motifs is 1. The largest absolute Gasteiger partial charge is 0.497 e. The third kappa shape index (κ3) is 4.64. The number of ketones is 1. The first-order valence-electron chi connectivity index (χ1n) is 10.5. The molecular weight excluding hydrogens is 468 g/mol. The number of thioether (sulfide) groups is 1. The average Bonchev–Trinajstić information content (AvgIpc) is 3.28. The first-order valence-corrected chi connectivity index (χ1v) is 12.4. The van der Waals surface area contributed by atoms with Gasteiger partial charge in [0.15, 0.2) is 10.9 Å². The fourth-order valence-electron chi connectivity index (χ4n) is 3.59. The zero-order valence-electron chi connectivity index (χ0n) is 19.2. The van der Waals surface area contributed by atoms with Gasteiger partial charge < -0.3 is 9.47 Å². The Labute approximate surface area is 205 Å². The van der Waals surface area contributed by atoms with Crippen LogP contribution in [0.3, 0.4) is 0 Å². The number of hydrogen-bond donors (Lipinski definition) is 0. The van der Waals surface area contributed by atoms with Crippen molar-refractivity contribution >= 4 is 39.1 Å². The van der Waals surface area contributed by atoms with Gasteiger partial charge in [0.05, 0.1) is 30.9 Å². The van der Waals surface area contributed by atoms with E-state index in [1.54, 1.807) is 36.0 Å². The number of ether oxygens (including phenoxy) is 2. The maximum Gasteiger partial charge on any atom is 0.263 e. The SMILES string of the molecule is C=CCn1c(SCC(=O)c2ccc(OC)cc2OC)nc2scc(-c3ccc(C)cc3)c2c1=O. The van der Waals surface area contributed by atoms with E-state index in [9.17, 15) is 9.59 Å². The van der Waals surface area contributed by atoms with Crippen molar-refractivity contribution in [3.63, 3.8) is 0 Å². The molecule has 0 saturated carbocycles. The summed E-state index contributed by atoms with van der Waals surface area (Å²) < 4.78 is 12.1. The Kier molecular flexibility index (Phi) is 7.19. The number of Topliss-reactive ketones (excluding diaryl/α,β-unsaturated/α-hetero) is 1. The standard InChI is InChI=1S/C26H24N2O4S2/c1-5-12-28-25(30)23-20(17-8-6-16(2)7-9-17)14-33-24(23)27-26(28)34-15-21(29)19-11-10-18(31-3)13-22(19)32-4/h5-11,13-14H,1,12,15H2,2-4H3. The van der Waals surface area contributed by atoms with Crippen molar-refractivity contribution in [1.82, 2.24) is 9.55 Å². The first kappa shape index (κ1) is 23.8. The number of nitrogens with zero attached hydrogens (tertiary/aromatic N) is 2. The number of aryl methyl sites for hydroxylation is 1. The van der Waals surface area contributed by atoms with E-state index in [4.69, 9.17) is 14.5 Å². The smallest absolute Gasteiger partial charge is 0.263 e. The van der Waals surface area contributed by atoms with E-state index in [1.165, 1.54) is 30.2 Å². The molecule has 174 valence electrons. The number of benzene rings is 2. The number of allylic oxidation sites excluding steroid dienone is 1. The van der Waals surface area contributed by atoms with Crippen molar-refractivity contribution in [3.05, 3.63) is 82.0 Å². The van der Waals surface area contributed by atoms with Gasteiger partial charge in [-0.1, -0.05) is 47.7 Å². The van der Waals surface area contributed by atoms with Crippen LogP contribution in [0, 0.1) is 6.92 Å². The number of hydrogen-bond acceptors (Lipinski definition) is 7. The number of carbonyl (C=O) groups is 1. The molecular formula is C26H24N2O4S2. The van der Waals surface area contributed by atoms with Crippen molar-refractivity contribution in [3.8, 4) is 22.6 Å². The van der Waals surface area contributed by atoms with Crippen molar-refractivity contribution in [2.45, 2.75) is 18.6 Å². The topological polar surface area (TPSA) is 70.4 Å². The Morgan fingerprint density at radius 2 is 1.94 bits per heavy atom. The molecule has 0 N–H and O–H groups in total. The first-order chi connectivity index (χ1) is 16.5. The molecule has 0 bridgehead atoms. The highest BCUT2D eigenvalue weighted by Gasteiger charge is 2.19. The Balaban J connectivity index is 1.68. The van der Waals surface area contributed by atoms with E-state index in [-0.39, 0.29) is 17.1 Å². The van der Waals surface area contributed by atoms with Crippen LogP contribution in [0.25, 0.3) is 21.3 Å². The van der Waals surface area contributed by atoms with Crippen LogP contribution in [0.1, 0.15) is 15.9 Å². The number of rotatable bonds is 9. The maximum absolute atomic E-state index is 13.5. The monoisotopic (exact) mass is 492 g/mol. The molecule has 4 rings (SSSR count). The molecule has 6 nitrogen and oxygen atoms in total. The molecule has 0 radical (unpaired) electrons. The van der Waals surface area contributed by atoms with Gasteiger partial charge in [0.2, 0.25) is 0 Å². The Morgan fingerprint density at radius 1 is 1.18 bits per heavy atom. The normalized spacial score (nSPS) is 10.9. The van der Waals surface area contributed by atoms with E-state index in [1.807, 2.05) is 36.6 Å². The summed E-state index contributed by atoms with van der Waals surface area (Å²) in [7, 11) is 3.07. The van der Waals surface area contributed by atoms with E-state index in [0.29, 0.717) is 39.0 Å². The van der Waals surface area contributed by atoms with E-state index >= 15 is 0 Å². The predicted molar refractivity (Wildman–Crippen MR) is 139 cm³/mol. The van der Waals surface area contributed by atoms with Crippen LogP contribution in [0.4, 0.5) is 0 Å². The summed E-state index contributed by atoms with van der Waals surface area (Å²) in [4.78, 5) is 31.9. The van der Waals surface area contributed by atoms with E-state index < -0.39 is 0 Å². The summed E-state index contributed by atoms with van der Waals surface area (Å²) >= 11 is 2.66. The fraction of sp³-hybridized carbons (Fsp3) is 0.192. The number of aromatic nitrogens is 2. The molecule has 34 heavy (non-hydrogen) atoms. The molecule has 4 aromatic rings. The van der Waals surface area contributed by atoms with Gasteiger partial charge in [-0.05, 0) is 24.6 Å². The fourth-order valence-corrected chi connectivity index (χ4v) is 5.47. The molecule has 2 heterocycles. The minimum atomic E-state index is -0.140. The van der Waals surface area contributed by atoms with Crippen LogP contribution < -0.4 is 15.0 Å². The number of thiophene rings is 1. The minimum absolute atomic E-state index is 0.105. The van der Waals surface area contributed by atoms with Gasteiger partial charge in [-0.2, -0.15) is 0 Å². The third-order valence-corrected chi connectivity index (χ3v) is 7.22. The zero-order chi connectivity index (χ0) is 24.2. The molecule has 0 atom stereocenters. The molecule has 0 unspecified atom stereocenters. The molecule has 0 amide bonds. The Bertz CT molecular complexity index is 1420. The molecule has 0 aliphatic rings. The number of carbonyl (C=O) groups excluding carboxylic acids is 1. The van der Waals surface area contributed by atoms with Crippen molar-refractivity contribution < 1.29 is 14.3 Å². The van der Waals surface area contributed by atoms with Crippen LogP contribution in [-0.2, 0) is 6.54 Å². The lowest BCUT2D eigenvalue weighted by molar-refractivity contribution is 0.101.